The predicted molar refractivity (Wildman–Crippen MR) is 75.8 cm³/mol. The molecule has 0 fully saturated rings. The second-order valence-corrected chi connectivity index (χ2v) is 4.47. The van der Waals surface area contributed by atoms with Crippen LogP contribution in [0.5, 0.6) is 0 Å². The summed E-state index contributed by atoms with van der Waals surface area (Å²) < 4.78 is 1.71. The second kappa shape index (κ2) is 5.71. The first-order chi connectivity index (χ1) is 9.13. The molecule has 1 heterocycles. The third-order valence-corrected chi connectivity index (χ3v) is 2.98. The van der Waals surface area contributed by atoms with Crippen LogP contribution in [0.2, 0.25) is 5.02 Å². The van der Waals surface area contributed by atoms with E-state index in [1.807, 2.05) is 19.1 Å². The van der Waals surface area contributed by atoms with Crippen LogP contribution in [0, 0.1) is 6.92 Å². The Kier molecular flexibility index (Phi) is 4.02. The molecule has 98 valence electrons. The zero-order valence-corrected chi connectivity index (χ0v) is 11.3. The molecule has 0 aliphatic carbocycles. The summed E-state index contributed by atoms with van der Waals surface area (Å²) in [6.07, 6.45) is 3.19. The molecule has 2 aromatic rings. The molecule has 4 nitrogen and oxygen atoms in total. The van der Waals surface area contributed by atoms with E-state index in [2.05, 4.69) is 17.0 Å². The third-order valence-electron chi connectivity index (χ3n) is 2.73. The Morgan fingerprint density at radius 3 is 2.79 bits per heavy atom. The monoisotopic (exact) mass is 275 g/mol. The number of hydrogen-bond acceptors (Lipinski definition) is 2. The average Bonchev–Trinajstić information content (AvgIpc) is 2.79. The molecule has 0 bridgehead atoms. The van der Waals surface area contributed by atoms with Crippen molar-refractivity contribution in [3.05, 3.63) is 59.4 Å². The van der Waals surface area contributed by atoms with E-state index in [4.69, 9.17) is 11.6 Å². The van der Waals surface area contributed by atoms with Gasteiger partial charge in [-0.05, 0) is 31.2 Å². The van der Waals surface area contributed by atoms with Gasteiger partial charge in [0.1, 0.15) is 0 Å². The molecule has 0 saturated heterocycles. The van der Waals surface area contributed by atoms with E-state index in [1.165, 1.54) is 0 Å². The standard InChI is InChI=1S/C14H14ClN3O/c1-3-8-16-14(19)13-9-17-18(10(13)2)12-6-4-11(15)5-7-12/h3-7,9H,1,8H2,2H3,(H,16,19). The molecule has 0 radical (unpaired) electrons. The van der Waals surface area contributed by atoms with Crippen LogP contribution < -0.4 is 5.32 Å². The zero-order valence-electron chi connectivity index (χ0n) is 10.6. The predicted octanol–water partition coefficient (Wildman–Crippen LogP) is 2.75. The van der Waals surface area contributed by atoms with Gasteiger partial charge < -0.3 is 5.32 Å². The van der Waals surface area contributed by atoms with Crippen molar-refractivity contribution in [1.29, 1.82) is 0 Å². The van der Waals surface area contributed by atoms with Crippen LogP contribution >= 0.6 is 11.6 Å². The van der Waals surface area contributed by atoms with Crippen LogP contribution in [0.15, 0.2) is 43.1 Å². The molecule has 1 amide bonds. The molecule has 2 rings (SSSR count). The maximum absolute atomic E-state index is 11.9. The first-order valence-electron chi connectivity index (χ1n) is 5.83. The Morgan fingerprint density at radius 1 is 1.47 bits per heavy atom. The van der Waals surface area contributed by atoms with Gasteiger partial charge in [-0.25, -0.2) is 4.68 Å². The number of halogens is 1. The molecule has 19 heavy (non-hydrogen) atoms. The van der Waals surface area contributed by atoms with Gasteiger partial charge in [-0.1, -0.05) is 17.7 Å². The Hall–Kier alpha value is -2.07. The minimum atomic E-state index is -0.155. The fraction of sp³-hybridized carbons (Fsp3) is 0.143. The fourth-order valence-corrected chi connectivity index (χ4v) is 1.86. The van der Waals surface area contributed by atoms with Crippen molar-refractivity contribution in [3.63, 3.8) is 0 Å². The highest BCUT2D eigenvalue weighted by atomic mass is 35.5. The first kappa shape index (κ1) is 13.4. The summed E-state index contributed by atoms with van der Waals surface area (Å²) in [6, 6.07) is 7.28. The normalized spacial score (nSPS) is 10.2. The van der Waals surface area contributed by atoms with Crippen molar-refractivity contribution in [1.82, 2.24) is 15.1 Å². The highest BCUT2D eigenvalue weighted by molar-refractivity contribution is 6.30. The van der Waals surface area contributed by atoms with E-state index >= 15 is 0 Å². The third kappa shape index (κ3) is 2.85. The lowest BCUT2D eigenvalue weighted by Gasteiger charge is -2.05. The molecule has 1 aromatic carbocycles. The van der Waals surface area contributed by atoms with Crippen LogP contribution in [0.4, 0.5) is 0 Å². The van der Waals surface area contributed by atoms with Gasteiger partial charge in [0.15, 0.2) is 0 Å². The van der Waals surface area contributed by atoms with E-state index in [9.17, 15) is 4.79 Å². The summed E-state index contributed by atoms with van der Waals surface area (Å²) in [5, 5.41) is 7.63. The lowest BCUT2D eigenvalue weighted by Crippen LogP contribution is -2.23. The molecule has 0 aliphatic rings. The number of carbonyl (C=O) groups is 1. The molecule has 0 atom stereocenters. The van der Waals surface area contributed by atoms with Crippen LogP contribution in [0.25, 0.3) is 5.69 Å². The Labute approximate surface area is 116 Å². The fourth-order valence-electron chi connectivity index (χ4n) is 1.74. The molecule has 1 N–H and O–H groups in total. The lowest BCUT2D eigenvalue weighted by molar-refractivity contribution is 0.0957. The van der Waals surface area contributed by atoms with Crippen molar-refractivity contribution < 1.29 is 4.79 Å². The highest BCUT2D eigenvalue weighted by Crippen LogP contribution is 2.16. The Balaban J connectivity index is 2.30. The topological polar surface area (TPSA) is 46.9 Å². The number of nitrogens with zero attached hydrogens (tertiary/aromatic N) is 2. The molecule has 0 saturated carbocycles. The van der Waals surface area contributed by atoms with Crippen LogP contribution in [-0.4, -0.2) is 22.2 Å². The summed E-state index contributed by atoms with van der Waals surface area (Å²) in [5.41, 5.74) is 2.20. The number of hydrogen-bond donors (Lipinski definition) is 1. The van der Waals surface area contributed by atoms with E-state index < -0.39 is 0 Å². The average molecular weight is 276 g/mol. The van der Waals surface area contributed by atoms with Crippen LogP contribution in [0.3, 0.4) is 0 Å². The molecule has 0 spiro atoms. The minimum absolute atomic E-state index is 0.155. The number of nitrogens with one attached hydrogen (secondary N) is 1. The van der Waals surface area contributed by atoms with E-state index in [0.29, 0.717) is 17.1 Å². The minimum Gasteiger partial charge on any atom is -0.348 e. The van der Waals surface area contributed by atoms with Crippen molar-refractivity contribution >= 4 is 17.5 Å². The van der Waals surface area contributed by atoms with E-state index in [0.717, 1.165) is 11.4 Å². The number of rotatable bonds is 4. The molecule has 0 unspecified atom stereocenters. The summed E-state index contributed by atoms with van der Waals surface area (Å²) in [7, 11) is 0. The van der Waals surface area contributed by atoms with Gasteiger partial charge in [0.2, 0.25) is 0 Å². The molecule has 0 aliphatic heterocycles. The van der Waals surface area contributed by atoms with Crippen LogP contribution in [0.1, 0.15) is 16.1 Å². The molecular weight excluding hydrogens is 262 g/mol. The maximum Gasteiger partial charge on any atom is 0.255 e. The SMILES string of the molecule is C=CCNC(=O)c1cnn(-c2ccc(Cl)cc2)c1C. The molecular formula is C14H14ClN3O. The Morgan fingerprint density at radius 2 is 2.16 bits per heavy atom. The summed E-state index contributed by atoms with van der Waals surface area (Å²) in [5.74, 6) is -0.155. The second-order valence-electron chi connectivity index (χ2n) is 4.03. The first-order valence-corrected chi connectivity index (χ1v) is 6.21. The van der Waals surface area contributed by atoms with E-state index in [1.54, 1.807) is 29.1 Å². The lowest BCUT2D eigenvalue weighted by atomic mass is 10.2. The number of benzene rings is 1. The van der Waals surface area contributed by atoms with Crippen molar-refractivity contribution in [3.8, 4) is 5.69 Å². The molecule has 1 aromatic heterocycles. The van der Waals surface area contributed by atoms with E-state index in [-0.39, 0.29) is 5.91 Å². The quantitative estimate of drug-likeness (QED) is 0.872. The van der Waals surface area contributed by atoms with Crippen molar-refractivity contribution in [2.24, 2.45) is 0 Å². The summed E-state index contributed by atoms with van der Waals surface area (Å²) in [6.45, 7) is 5.85. The molecule has 5 heteroatoms. The van der Waals surface area contributed by atoms with Gasteiger partial charge in [-0.15, -0.1) is 6.58 Å². The maximum atomic E-state index is 11.9. The zero-order chi connectivity index (χ0) is 13.8. The number of carbonyl (C=O) groups excluding carboxylic acids is 1. The number of amides is 1. The van der Waals surface area contributed by atoms with Gasteiger partial charge in [0.25, 0.3) is 5.91 Å². The van der Waals surface area contributed by atoms with Crippen LogP contribution in [-0.2, 0) is 0 Å². The van der Waals surface area contributed by atoms with Crippen molar-refractivity contribution in [2.45, 2.75) is 6.92 Å². The largest absolute Gasteiger partial charge is 0.348 e. The summed E-state index contributed by atoms with van der Waals surface area (Å²) >= 11 is 5.85. The van der Waals surface area contributed by atoms with Gasteiger partial charge in [0.05, 0.1) is 23.1 Å². The smallest absolute Gasteiger partial charge is 0.255 e. The highest BCUT2D eigenvalue weighted by Gasteiger charge is 2.14. The van der Waals surface area contributed by atoms with Gasteiger partial charge in [-0.2, -0.15) is 5.10 Å². The summed E-state index contributed by atoms with van der Waals surface area (Å²) in [4.78, 5) is 11.9. The van der Waals surface area contributed by atoms with Crippen molar-refractivity contribution in [2.75, 3.05) is 6.54 Å². The Bertz CT molecular complexity index is 602. The van der Waals surface area contributed by atoms with Gasteiger partial charge in [0, 0.05) is 11.6 Å². The van der Waals surface area contributed by atoms with Gasteiger partial charge >= 0.3 is 0 Å². The number of aromatic nitrogens is 2. The van der Waals surface area contributed by atoms with Gasteiger partial charge in [-0.3, -0.25) is 4.79 Å².